The Kier molecular flexibility index (Phi) is 5.81. The van der Waals surface area contributed by atoms with E-state index in [2.05, 4.69) is 6.92 Å². The summed E-state index contributed by atoms with van der Waals surface area (Å²) in [6.45, 7) is 5.61. The number of likely N-dealkylation sites (tertiary alicyclic amines) is 1. The van der Waals surface area contributed by atoms with E-state index in [9.17, 15) is 9.90 Å². The first-order valence-electron chi connectivity index (χ1n) is 6.61. The Morgan fingerprint density at radius 2 is 2.25 bits per heavy atom. The molecule has 0 saturated carbocycles. The second-order valence-corrected chi connectivity index (χ2v) is 4.94. The molecule has 1 fully saturated rings. The molecule has 16 heavy (non-hydrogen) atoms. The van der Waals surface area contributed by atoms with Gasteiger partial charge in [0.05, 0.1) is 6.10 Å². The van der Waals surface area contributed by atoms with Crippen molar-refractivity contribution in [3.8, 4) is 0 Å². The molecule has 0 radical (unpaired) electrons. The van der Waals surface area contributed by atoms with Gasteiger partial charge in [0, 0.05) is 25.4 Å². The molecule has 0 spiro atoms. The maximum absolute atomic E-state index is 11.9. The molecule has 0 aliphatic carbocycles. The molecule has 1 saturated heterocycles. The van der Waals surface area contributed by atoms with Crippen molar-refractivity contribution in [2.45, 2.75) is 58.5 Å². The van der Waals surface area contributed by atoms with Crippen LogP contribution in [-0.4, -0.2) is 35.1 Å². The largest absolute Gasteiger partial charge is 0.393 e. The van der Waals surface area contributed by atoms with Gasteiger partial charge in [-0.05, 0) is 26.2 Å². The van der Waals surface area contributed by atoms with Gasteiger partial charge in [-0.1, -0.05) is 19.8 Å². The van der Waals surface area contributed by atoms with Crippen LogP contribution in [0.5, 0.6) is 0 Å². The third-order valence-electron chi connectivity index (χ3n) is 3.49. The third-order valence-corrected chi connectivity index (χ3v) is 3.49. The SMILES string of the molecule is CCCCCC(=O)N1CCCC(C(C)O)C1. The van der Waals surface area contributed by atoms with Crippen molar-refractivity contribution < 1.29 is 9.90 Å². The monoisotopic (exact) mass is 227 g/mol. The Hall–Kier alpha value is -0.570. The highest BCUT2D eigenvalue weighted by atomic mass is 16.3. The topological polar surface area (TPSA) is 40.5 Å². The summed E-state index contributed by atoms with van der Waals surface area (Å²) in [6, 6.07) is 0. The van der Waals surface area contributed by atoms with E-state index in [-0.39, 0.29) is 17.9 Å². The highest BCUT2D eigenvalue weighted by Crippen LogP contribution is 2.20. The van der Waals surface area contributed by atoms with Crippen LogP contribution >= 0.6 is 0 Å². The number of hydrogen-bond acceptors (Lipinski definition) is 2. The minimum Gasteiger partial charge on any atom is -0.393 e. The first kappa shape index (κ1) is 13.5. The van der Waals surface area contributed by atoms with Gasteiger partial charge in [0.2, 0.25) is 5.91 Å². The molecule has 1 N–H and O–H groups in total. The van der Waals surface area contributed by atoms with Crippen LogP contribution in [0.25, 0.3) is 0 Å². The molecule has 1 rings (SSSR count). The summed E-state index contributed by atoms with van der Waals surface area (Å²) in [4.78, 5) is 13.8. The molecular formula is C13H25NO2. The van der Waals surface area contributed by atoms with Gasteiger partial charge in [-0.25, -0.2) is 0 Å². The molecule has 1 aliphatic rings. The van der Waals surface area contributed by atoms with Crippen LogP contribution in [0, 0.1) is 5.92 Å². The number of carbonyl (C=O) groups is 1. The number of amides is 1. The predicted octanol–water partition coefficient (Wildman–Crippen LogP) is 2.19. The normalized spacial score (nSPS) is 23.2. The second kappa shape index (κ2) is 6.89. The number of piperidine rings is 1. The van der Waals surface area contributed by atoms with Crippen molar-refractivity contribution >= 4 is 5.91 Å². The lowest BCUT2D eigenvalue weighted by atomic mass is 9.93. The molecular weight excluding hydrogens is 202 g/mol. The van der Waals surface area contributed by atoms with Gasteiger partial charge >= 0.3 is 0 Å². The van der Waals surface area contributed by atoms with Crippen LogP contribution in [0.4, 0.5) is 0 Å². The number of aliphatic hydroxyl groups is 1. The van der Waals surface area contributed by atoms with Gasteiger partial charge in [0.1, 0.15) is 0 Å². The quantitative estimate of drug-likeness (QED) is 0.731. The summed E-state index contributed by atoms with van der Waals surface area (Å²) in [5.41, 5.74) is 0. The Morgan fingerprint density at radius 3 is 2.88 bits per heavy atom. The van der Waals surface area contributed by atoms with Crippen LogP contribution in [0.3, 0.4) is 0 Å². The Morgan fingerprint density at radius 1 is 1.50 bits per heavy atom. The highest BCUT2D eigenvalue weighted by molar-refractivity contribution is 5.76. The van der Waals surface area contributed by atoms with Crippen molar-refractivity contribution in [2.24, 2.45) is 5.92 Å². The summed E-state index contributed by atoms with van der Waals surface area (Å²) in [5.74, 6) is 0.558. The molecule has 0 aromatic carbocycles. The number of rotatable bonds is 5. The average molecular weight is 227 g/mol. The van der Waals surface area contributed by atoms with Crippen molar-refractivity contribution in [1.82, 2.24) is 4.90 Å². The average Bonchev–Trinajstić information content (AvgIpc) is 2.29. The fraction of sp³-hybridized carbons (Fsp3) is 0.923. The number of unbranched alkanes of at least 4 members (excludes halogenated alkanes) is 2. The zero-order valence-electron chi connectivity index (χ0n) is 10.6. The molecule has 3 heteroatoms. The van der Waals surface area contributed by atoms with Crippen LogP contribution in [0.2, 0.25) is 0 Å². The molecule has 2 unspecified atom stereocenters. The molecule has 1 heterocycles. The molecule has 0 aromatic heterocycles. The van der Waals surface area contributed by atoms with Crippen LogP contribution in [-0.2, 0) is 4.79 Å². The van der Waals surface area contributed by atoms with Crippen molar-refractivity contribution in [3.05, 3.63) is 0 Å². The lowest BCUT2D eigenvalue weighted by molar-refractivity contribution is -0.133. The maximum Gasteiger partial charge on any atom is 0.222 e. The van der Waals surface area contributed by atoms with E-state index >= 15 is 0 Å². The number of hydrogen-bond donors (Lipinski definition) is 1. The summed E-state index contributed by atoms with van der Waals surface area (Å²) < 4.78 is 0. The Balaban J connectivity index is 2.32. The second-order valence-electron chi connectivity index (χ2n) is 4.94. The molecule has 3 nitrogen and oxygen atoms in total. The minimum atomic E-state index is -0.286. The van der Waals surface area contributed by atoms with E-state index in [0.717, 1.165) is 45.2 Å². The van der Waals surface area contributed by atoms with Crippen molar-refractivity contribution in [1.29, 1.82) is 0 Å². The van der Waals surface area contributed by atoms with Gasteiger partial charge in [-0.3, -0.25) is 4.79 Å². The Labute approximate surface area is 98.8 Å². The molecule has 0 bridgehead atoms. The van der Waals surface area contributed by atoms with Crippen molar-refractivity contribution in [3.63, 3.8) is 0 Å². The maximum atomic E-state index is 11.9. The standard InChI is InChI=1S/C13H25NO2/c1-3-4-5-8-13(16)14-9-6-7-12(10-14)11(2)15/h11-12,15H,3-10H2,1-2H3. The first-order chi connectivity index (χ1) is 7.65. The van der Waals surface area contributed by atoms with E-state index in [1.807, 2.05) is 11.8 Å². The van der Waals surface area contributed by atoms with Crippen molar-refractivity contribution in [2.75, 3.05) is 13.1 Å². The van der Waals surface area contributed by atoms with Gasteiger partial charge in [-0.2, -0.15) is 0 Å². The summed E-state index contributed by atoms with van der Waals surface area (Å²) in [6.07, 6.45) is 5.78. The summed E-state index contributed by atoms with van der Waals surface area (Å²) >= 11 is 0. The minimum absolute atomic E-state index is 0.277. The van der Waals surface area contributed by atoms with E-state index < -0.39 is 0 Å². The number of aliphatic hydroxyl groups excluding tert-OH is 1. The molecule has 94 valence electrons. The van der Waals surface area contributed by atoms with E-state index in [1.54, 1.807) is 0 Å². The van der Waals surface area contributed by atoms with Gasteiger partial charge in [0.15, 0.2) is 0 Å². The van der Waals surface area contributed by atoms with E-state index in [0.29, 0.717) is 6.42 Å². The predicted molar refractivity (Wildman–Crippen MR) is 65.1 cm³/mol. The lowest BCUT2D eigenvalue weighted by Gasteiger charge is -2.34. The van der Waals surface area contributed by atoms with Crippen LogP contribution in [0.1, 0.15) is 52.4 Å². The lowest BCUT2D eigenvalue weighted by Crippen LogP contribution is -2.42. The number of carbonyl (C=O) groups excluding carboxylic acids is 1. The molecule has 1 amide bonds. The molecule has 2 atom stereocenters. The summed E-state index contributed by atoms with van der Waals surface area (Å²) in [5, 5.41) is 9.55. The Bertz CT molecular complexity index is 216. The molecule has 1 aliphatic heterocycles. The fourth-order valence-corrected chi connectivity index (χ4v) is 2.31. The highest BCUT2D eigenvalue weighted by Gasteiger charge is 2.25. The first-order valence-corrected chi connectivity index (χ1v) is 6.61. The third kappa shape index (κ3) is 4.12. The van der Waals surface area contributed by atoms with Crippen LogP contribution < -0.4 is 0 Å². The zero-order chi connectivity index (χ0) is 12.0. The van der Waals surface area contributed by atoms with E-state index in [4.69, 9.17) is 0 Å². The number of nitrogens with zero attached hydrogens (tertiary/aromatic N) is 1. The van der Waals surface area contributed by atoms with Gasteiger partial charge in [0.25, 0.3) is 0 Å². The van der Waals surface area contributed by atoms with Gasteiger partial charge in [-0.15, -0.1) is 0 Å². The summed E-state index contributed by atoms with van der Waals surface area (Å²) in [7, 11) is 0. The van der Waals surface area contributed by atoms with E-state index in [1.165, 1.54) is 0 Å². The van der Waals surface area contributed by atoms with Gasteiger partial charge < -0.3 is 10.0 Å². The van der Waals surface area contributed by atoms with Crippen LogP contribution in [0.15, 0.2) is 0 Å². The molecule has 0 aromatic rings. The fourth-order valence-electron chi connectivity index (χ4n) is 2.31. The zero-order valence-corrected chi connectivity index (χ0v) is 10.6. The smallest absolute Gasteiger partial charge is 0.222 e.